The first-order chi connectivity index (χ1) is 11.7. The highest BCUT2D eigenvalue weighted by atomic mass is 16.3. The second-order valence-corrected chi connectivity index (χ2v) is 6.16. The number of aliphatic hydroxyl groups is 2. The fourth-order valence-corrected chi connectivity index (χ4v) is 2.90. The van der Waals surface area contributed by atoms with Crippen LogP contribution in [-0.4, -0.2) is 16.8 Å². The van der Waals surface area contributed by atoms with Crippen molar-refractivity contribution in [2.24, 2.45) is 0 Å². The fraction of sp³-hybridized carbons (Fsp3) is 0.238. The second kappa shape index (κ2) is 7.58. The third kappa shape index (κ3) is 3.82. The maximum absolute atomic E-state index is 10.5. The van der Waals surface area contributed by atoms with Crippen LogP contribution in [0.2, 0.25) is 0 Å². The molecule has 3 N–H and O–H groups in total. The van der Waals surface area contributed by atoms with Crippen LogP contribution in [0.1, 0.15) is 35.8 Å². The van der Waals surface area contributed by atoms with Crippen molar-refractivity contribution >= 4 is 10.8 Å². The van der Waals surface area contributed by atoms with Crippen LogP contribution in [0.4, 0.5) is 0 Å². The van der Waals surface area contributed by atoms with Gasteiger partial charge in [0.2, 0.25) is 0 Å². The first kappa shape index (κ1) is 16.7. The Hall–Kier alpha value is -2.20. The Morgan fingerprint density at radius 2 is 1.67 bits per heavy atom. The number of benzene rings is 3. The summed E-state index contributed by atoms with van der Waals surface area (Å²) in [5.74, 6) is 0. The van der Waals surface area contributed by atoms with E-state index in [9.17, 15) is 10.2 Å². The summed E-state index contributed by atoms with van der Waals surface area (Å²) in [6, 6.07) is 22.2. The van der Waals surface area contributed by atoms with Gasteiger partial charge in [-0.1, -0.05) is 60.7 Å². The van der Waals surface area contributed by atoms with Crippen LogP contribution in [-0.2, 0) is 6.61 Å². The van der Waals surface area contributed by atoms with Crippen molar-refractivity contribution in [3.63, 3.8) is 0 Å². The third-order valence-electron chi connectivity index (χ3n) is 4.41. The van der Waals surface area contributed by atoms with E-state index in [0.717, 1.165) is 22.1 Å². The molecule has 24 heavy (non-hydrogen) atoms. The van der Waals surface area contributed by atoms with E-state index < -0.39 is 6.10 Å². The minimum atomic E-state index is -0.557. The molecule has 2 unspecified atom stereocenters. The lowest BCUT2D eigenvalue weighted by Gasteiger charge is -2.18. The van der Waals surface area contributed by atoms with Crippen molar-refractivity contribution in [1.82, 2.24) is 5.32 Å². The van der Waals surface area contributed by atoms with Crippen molar-refractivity contribution < 1.29 is 10.2 Å². The smallest absolute Gasteiger partial charge is 0.0914 e. The number of fused-ring (bicyclic) bond motifs is 1. The van der Waals surface area contributed by atoms with E-state index in [4.69, 9.17) is 0 Å². The number of nitrogens with one attached hydrogen (secondary N) is 1. The van der Waals surface area contributed by atoms with Gasteiger partial charge in [0.25, 0.3) is 0 Å². The lowest BCUT2D eigenvalue weighted by atomic mass is 10.0. The average molecular weight is 321 g/mol. The van der Waals surface area contributed by atoms with E-state index in [2.05, 4.69) is 24.4 Å². The van der Waals surface area contributed by atoms with Gasteiger partial charge in [0.05, 0.1) is 12.7 Å². The van der Waals surface area contributed by atoms with Crippen molar-refractivity contribution in [2.75, 3.05) is 6.54 Å². The molecule has 0 aliphatic rings. The van der Waals surface area contributed by atoms with E-state index in [1.54, 1.807) is 0 Å². The molecule has 0 aliphatic carbocycles. The van der Waals surface area contributed by atoms with E-state index in [0.29, 0.717) is 6.54 Å². The van der Waals surface area contributed by atoms with E-state index in [1.165, 1.54) is 5.39 Å². The molecule has 3 aromatic rings. The Bertz CT molecular complexity index is 816. The average Bonchev–Trinajstić information content (AvgIpc) is 2.65. The Balaban J connectivity index is 1.66. The van der Waals surface area contributed by atoms with Gasteiger partial charge < -0.3 is 15.5 Å². The van der Waals surface area contributed by atoms with Gasteiger partial charge in [-0.25, -0.2) is 0 Å². The molecule has 0 heterocycles. The zero-order chi connectivity index (χ0) is 16.9. The second-order valence-electron chi connectivity index (χ2n) is 6.16. The molecular formula is C21H23NO2. The van der Waals surface area contributed by atoms with E-state index >= 15 is 0 Å². The highest BCUT2D eigenvalue weighted by Gasteiger charge is 2.11. The van der Waals surface area contributed by atoms with Crippen molar-refractivity contribution in [2.45, 2.75) is 25.7 Å². The van der Waals surface area contributed by atoms with Crippen LogP contribution in [0.15, 0.2) is 66.7 Å². The number of hydrogen-bond donors (Lipinski definition) is 3. The van der Waals surface area contributed by atoms with Crippen molar-refractivity contribution in [3.05, 3.63) is 83.4 Å². The first-order valence-corrected chi connectivity index (χ1v) is 8.27. The zero-order valence-corrected chi connectivity index (χ0v) is 13.8. The Labute approximate surface area is 142 Å². The number of aliphatic hydroxyl groups excluding tert-OH is 2. The maximum Gasteiger partial charge on any atom is 0.0914 e. The van der Waals surface area contributed by atoms with Crippen LogP contribution in [0, 0.1) is 0 Å². The molecule has 0 aliphatic heterocycles. The molecule has 3 rings (SSSR count). The Morgan fingerprint density at radius 1 is 0.875 bits per heavy atom. The summed E-state index contributed by atoms with van der Waals surface area (Å²) in [5, 5.41) is 25.4. The summed E-state index contributed by atoms with van der Waals surface area (Å²) in [4.78, 5) is 0. The molecule has 3 heteroatoms. The van der Waals surface area contributed by atoms with Crippen LogP contribution in [0.25, 0.3) is 10.8 Å². The molecule has 0 spiro atoms. The van der Waals surface area contributed by atoms with E-state index in [-0.39, 0.29) is 12.6 Å². The number of hydrogen-bond acceptors (Lipinski definition) is 3. The topological polar surface area (TPSA) is 52.5 Å². The number of rotatable bonds is 6. The zero-order valence-electron chi connectivity index (χ0n) is 13.8. The van der Waals surface area contributed by atoms with Crippen molar-refractivity contribution in [3.8, 4) is 0 Å². The summed E-state index contributed by atoms with van der Waals surface area (Å²) in [6.45, 7) is 2.58. The van der Waals surface area contributed by atoms with Gasteiger partial charge in [-0.05, 0) is 40.5 Å². The molecule has 124 valence electrons. The predicted molar refractivity (Wildman–Crippen MR) is 97.7 cm³/mol. The molecule has 3 aromatic carbocycles. The van der Waals surface area contributed by atoms with Gasteiger partial charge in [-0.3, -0.25) is 0 Å². The summed E-state index contributed by atoms with van der Waals surface area (Å²) >= 11 is 0. The normalized spacial score (nSPS) is 13.8. The molecule has 2 atom stereocenters. The third-order valence-corrected chi connectivity index (χ3v) is 4.41. The molecule has 0 bridgehead atoms. The predicted octanol–water partition coefficient (Wildman–Crippen LogP) is 3.72. The summed E-state index contributed by atoms with van der Waals surface area (Å²) < 4.78 is 0. The highest BCUT2D eigenvalue weighted by molar-refractivity contribution is 5.83. The quantitative estimate of drug-likeness (QED) is 0.648. The van der Waals surface area contributed by atoms with Crippen LogP contribution in [0.3, 0.4) is 0 Å². The molecular weight excluding hydrogens is 298 g/mol. The standard InChI is InChI=1S/C21H23NO2/c1-15(18-8-4-5-16(11-18)14-23)22-13-21(24)20-10-9-17-6-2-3-7-19(17)12-20/h2-12,15,21-24H,13-14H2,1H3. The van der Waals surface area contributed by atoms with Gasteiger partial charge in [0.1, 0.15) is 0 Å². The maximum atomic E-state index is 10.5. The van der Waals surface area contributed by atoms with Crippen LogP contribution < -0.4 is 5.32 Å². The SMILES string of the molecule is CC(NCC(O)c1ccc2ccccc2c1)c1cccc(CO)c1. The summed E-state index contributed by atoms with van der Waals surface area (Å²) in [7, 11) is 0. The molecule has 0 saturated carbocycles. The fourth-order valence-electron chi connectivity index (χ4n) is 2.90. The first-order valence-electron chi connectivity index (χ1n) is 8.27. The lowest BCUT2D eigenvalue weighted by Crippen LogP contribution is -2.24. The van der Waals surface area contributed by atoms with Gasteiger partial charge in [-0.2, -0.15) is 0 Å². The molecule has 0 aromatic heterocycles. The molecule has 0 fully saturated rings. The van der Waals surface area contributed by atoms with Crippen LogP contribution >= 0.6 is 0 Å². The largest absolute Gasteiger partial charge is 0.392 e. The van der Waals surface area contributed by atoms with Gasteiger partial charge in [-0.15, -0.1) is 0 Å². The Morgan fingerprint density at radius 3 is 2.46 bits per heavy atom. The molecule has 0 radical (unpaired) electrons. The molecule has 3 nitrogen and oxygen atoms in total. The summed E-state index contributed by atoms with van der Waals surface area (Å²) in [6.07, 6.45) is -0.557. The molecule has 0 amide bonds. The van der Waals surface area contributed by atoms with E-state index in [1.807, 2.05) is 54.6 Å². The van der Waals surface area contributed by atoms with Gasteiger partial charge in [0, 0.05) is 12.6 Å². The van der Waals surface area contributed by atoms with Crippen LogP contribution in [0.5, 0.6) is 0 Å². The summed E-state index contributed by atoms with van der Waals surface area (Å²) in [5.41, 5.74) is 2.92. The van der Waals surface area contributed by atoms with Gasteiger partial charge >= 0.3 is 0 Å². The van der Waals surface area contributed by atoms with Gasteiger partial charge in [0.15, 0.2) is 0 Å². The monoisotopic (exact) mass is 321 g/mol. The Kier molecular flexibility index (Phi) is 5.26. The van der Waals surface area contributed by atoms with Crippen molar-refractivity contribution in [1.29, 1.82) is 0 Å². The highest BCUT2D eigenvalue weighted by Crippen LogP contribution is 2.21. The minimum Gasteiger partial charge on any atom is -0.392 e. The minimum absolute atomic E-state index is 0.0419. The molecule has 0 saturated heterocycles. The lowest BCUT2D eigenvalue weighted by molar-refractivity contribution is 0.171.